The summed E-state index contributed by atoms with van der Waals surface area (Å²) >= 11 is 0. The van der Waals surface area contributed by atoms with Gasteiger partial charge in [-0.25, -0.2) is 0 Å². The van der Waals surface area contributed by atoms with E-state index in [-0.39, 0.29) is 5.91 Å². The Morgan fingerprint density at radius 3 is 2.90 bits per heavy atom. The van der Waals surface area contributed by atoms with Gasteiger partial charge >= 0.3 is 0 Å². The molecule has 110 valence electrons. The maximum absolute atomic E-state index is 12.3. The zero-order chi connectivity index (χ0) is 14.4. The minimum atomic E-state index is 0.236. The van der Waals surface area contributed by atoms with Gasteiger partial charge in [-0.3, -0.25) is 9.78 Å². The Bertz CT molecular complexity index is 415. The molecular weight excluding hydrogens is 250 g/mol. The lowest BCUT2D eigenvalue weighted by molar-refractivity contribution is -0.131. The standard InChI is InChI=1S/C16H25N3O/c1-13(15-4-3-7-18-11-15)10-16(20)19(2)12-14-5-8-17-9-6-14/h5-6,8-9,13,15,18H,3-4,7,10-12H2,1-2H3. The Labute approximate surface area is 121 Å². The predicted octanol–water partition coefficient (Wildman–Crippen LogP) is 2.07. The minimum Gasteiger partial charge on any atom is -0.341 e. The molecule has 4 heteroatoms. The third-order valence-corrected chi connectivity index (χ3v) is 4.23. The van der Waals surface area contributed by atoms with E-state index in [2.05, 4.69) is 17.2 Å². The van der Waals surface area contributed by atoms with Crippen LogP contribution < -0.4 is 5.32 Å². The Morgan fingerprint density at radius 1 is 1.50 bits per heavy atom. The minimum absolute atomic E-state index is 0.236. The Hall–Kier alpha value is -1.42. The fourth-order valence-corrected chi connectivity index (χ4v) is 2.81. The summed E-state index contributed by atoms with van der Waals surface area (Å²) in [5.41, 5.74) is 1.13. The lowest BCUT2D eigenvalue weighted by Crippen LogP contribution is -2.36. The van der Waals surface area contributed by atoms with Gasteiger partial charge in [-0.1, -0.05) is 6.92 Å². The molecule has 1 aliphatic heterocycles. The number of amides is 1. The van der Waals surface area contributed by atoms with Gasteiger partial charge in [0.2, 0.25) is 5.91 Å². The fraction of sp³-hybridized carbons (Fsp3) is 0.625. The maximum Gasteiger partial charge on any atom is 0.222 e. The van der Waals surface area contributed by atoms with Crippen molar-refractivity contribution in [1.82, 2.24) is 15.2 Å². The topological polar surface area (TPSA) is 45.2 Å². The Kier molecular flexibility index (Phi) is 5.53. The molecule has 2 heterocycles. The Morgan fingerprint density at radius 2 is 2.25 bits per heavy atom. The lowest BCUT2D eigenvalue weighted by Gasteiger charge is -2.29. The maximum atomic E-state index is 12.3. The van der Waals surface area contributed by atoms with Crippen LogP contribution >= 0.6 is 0 Å². The van der Waals surface area contributed by atoms with E-state index < -0.39 is 0 Å². The van der Waals surface area contributed by atoms with E-state index in [1.165, 1.54) is 12.8 Å². The Balaban J connectivity index is 1.81. The molecule has 1 fully saturated rings. The number of carbonyl (C=O) groups excluding carboxylic acids is 1. The second-order valence-corrected chi connectivity index (χ2v) is 5.89. The summed E-state index contributed by atoms with van der Waals surface area (Å²) in [6.07, 6.45) is 6.66. The molecule has 1 aromatic heterocycles. The van der Waals surface area contributed by atoms with E-state index in [1.54, 1.807) is 12.4 Å². The van der Waals surface area contributed by atoms with Crippen LogP contribution in [-0.4, -0.2) is 35.9 Å². The molecule has 0 aliphatic carbocycles. The highest BCUT2D eigenvalue weighted by atomic mass is 16.2. The zero-order valence-electron chi connectivity index (χ0n) is 12.5. The van der Waals surface area contributed by atoms with Crippen LogP contribution in [0.25, 0.3) is 0 Å². The third kappa shape index (κ3) is 4.30. The number of hydrogen-bond acceptors (Lipinski definition) is 3. The number of rotatable bonds is 5. The van der Waals surface area contributed by atoms with Crippen LogP contribution in [0.15, 0.2) is 24.5 Å². The quantitative estimate of drug-likeness (QED) is 0.894. The van der Waals surface area contributed by atoms with Crippen molar-refractivity contribution >= 4 is 5.91 Å². The van der Waals surface area contributed by atoms with Gasteiger partial charge in [-0.05, 0) is 55.5 Å². The van der Waals surface area contributed by atoms with E-state index in [4.69, 9.17) is 0 Å². The number of hydrogen-bond donors (Lipinski definition) is 1. The summed E-state index contributed by atoms with van der Waals surface area (Å²) in [4.78, 5) is 18.1. The van der Waals surface area contributed by atoms with Crippen molar-refractivity contribution in [2.24, 2.45) is 11.8 Å². The molecule has 0 aromatic carbocycles. The van der Waals surface area contributed by atoms with Gasteiger partial charge in [0.25, 0.3) is 0 Å². The fourth-order valence-electron chi connectivity index (χ4n) is 2.81. The van der Waals surface area contributed by atoms with Crippen LogP contribution in [0.1, 0.15) is 31.7 Å². The lowest BCUT2D eigenvalue weighted by atomic mass is 9.85. The van der Waals surface area contributed by atoms with Crippen LogP contribution in [0.2, 0.25) is 0 Å². The van der Waals surface area contributed by atoms with Crippen molar-refractivity contribution in [1.29, 1.82) is 0 Å². The van der Waals surface area contributed by atoms with Gasteiger partial charge in [-0.2, -0.15) is 0 Å². The number of piperidine rings is 1. The molecule has 0 spiro atoms. The highest BCUT2D eigenvalue weighted by molar-refractivity contribution is 5.76. The average molecular weight is 275 g/mol. The summed E-state index contributed by atoms with van der Waals surface area (Å²) in [6.45, 7) is 5.05. The molecule has 0 radical (unpaired) electrons. The van der Waals surface area contributed by atoms with Crippen molar-refractivity contribution in [2.75, 3.05) is 20.1 Å². The summed E-state index contributed by atoms with van der Waals surface area (Å²) in [5.74, 6) is 1.33. The molecule has 1 amide bonds. The highest BCUT2D eigenvalue weighted by Crippen LogP contribution is 2.23. The van der Waals surface area contributed by atoms with Gasteiger partial charge in [-0.15, -0.1) is 0 Å². The molecule has 0 bridgehead atoms. The average Bonchev–Trinajstić information content (AvgIpc) is 2.49. The number of carbonyl (C=O) groups is 1. The first-order valence-electron chi connectivity index (χ1n) is 7.50. The van der Waals surface area contributed by atoms with Crippen LogP contribution in [0.3, 0.4) is 0 Å². The number of nitrogens with one attached hydrogen (secondary N) is 1. The first-order valence-corrected chi connectivity index (χ1v) is 7.50. The van der Waals surface area contributed by atoms with E-state index >= 15 is 0 Å². The van der Waals surface area contributed by atoms with Crippen LogP contribution in [-0.2, 0) is 11.3 Å². The van der Waals surface area contributed by atoms with Gasteiger partial charge in [0.1, 0.15) is 0 Å². The van der Waals surface area contributed by atoms with Crippen LogP contribution in [0.5, 0.6) is 0 Å². The molecule has 2 atom stereocenters. The van der Waals surface area contributed by atoms with Crippen molar-refractivity contribution in [3.63, 3.8) is 0 Å². The molecule has 2 rings (SSSR count). The highest BCUT2D eigenvalue weighted by Gasteiger charge is 2.23. The van der Waals surface area contributed by atoms with Crippen LogP contribution in [0.4, 0.5) is 0 Å². The summed E-state index contributed by atoms with van der Waals surface area (Å²) < 4.78 is 0. The van der Waals surface area contributed by atoms with Gasteiger partial charge in [0.05, 0.1) is 0 Å². The molecular formula is C16H25N3O. The molecule has 4 nitrogen and oxygen atoms in total. The monoisotopic (exact) mass is 275 g/mol. The van der Waals surface area contributed by atoms with Crippen molar-refractivity contribution in [2.45, 2.75) is 32.7 Å². The van der Waals surface area contributed by atoms with Crippen molar-refractivity contribution in [3.05, 3.63) is 30.1 Å². The zero-order valence-corrected chi connectivity index (χ0v) is 12.5. The molecule has 1 saturated heterocycles. The summed E-state index contributed by atoms with van der Waals surface area (Å²) in [7, 11) is 1.88. The van der Waals surface area contributed by atoms with Gasteiger partial charge < -0.3 is 10.2 Å². The second kappa shape index (κ2) is 7.39. The molecule has 1 aromatic rings. The number of aromatic nitrogens is 1. The molecule has 2 unspecified atom stereocenters. The van der Waals surface area contributed by atoms with Crippen molar-refractivity contribution < 1.29 is 4.79 Å². The smallest absolute Gasteiger partial charge is 0.222 e. The molecule has 0 saturated carbocycles. The van der Waals surface area contributed by atoms with E-state index in [1.807, 2.05) is 24.1 Å². The largest absolute Gasteiger partial charge is 0.341 e. The molecule has 1 aliphatic rings. The first kappa shape index (κ1) is 15.0. The van der Waals surface area contributed by atoms with Gasteiger partial charge in [0, 0.05) is 32.4 Å². The predicted molar refractivity (Wildman–Crippen MR) is 80.1 cm³/mol. The third-order valence-electron chi connectivity index (χ3n) is 4.23. The van der Waals surface area contributed by atoms with Crippen LogP contribution in [0, 0.1) is 11.8 Å². The van der Waals surface area contributed by atoms with E-state index in [9.17, 15) is 4.79 Å². The second-order valence-electron chi connectivity index (χ2n) is 5.89. The summed E-state index contributed by atoms with van der Waals surface area (Å²) in [6, 6.07) is 3.91. The van der Waals surface area contributed by atoms with E-state index in [0.717, 1.165) is 18.7 Å². The first-order chi connectivity index (χ1) is 9.66. The number of nitrogens with zero attached hydrogens (tertiary/aromatic N) is 2. The molecule has 1 N–H and O–H groups in total. The SMILES string of the molecule is CC(CC(=O)N(C)Cc1ccncc1)C1CCCNC1. The summed E-state index contributed by atoms with van der Waals surface area (Å²) in [5, 5.41) is 3.43. The number of pyridine rings is 1. The molecule has 20 heavy (non-hydrogen) atoms. The van der Waals surface area contributed by atoms with E-state index in [0.29, 0.717) is 24.8 Å². The normalized spacial score (nSPS) is 20.4. The van der Waals surface area contributed by atoms with Crippen molar-refractivity contribution in [3.8, 4) is 0 Å². The van der Waals surface area contributed by atoms with Gasteiger partial charge in [0.15, 0.2) is 0 Å².